The predicted molar refractivity (Wildman–Crippen MR) is 73.9 cm³/mol. The molecule has 0 atom stereocenters. The summed E-state index contributed by atoms with van der Waals surface area (Å²) in [6, 6.07) is 13.9. The monoisotopic (exact) mass is 326 g/mol. The van der Waals surface area contributed by atoms with E-state index in [4.69, 9.17) is 10.2 Å². The van der Waals surface area contributed by atoms with Crippen LogP contribution in [-0.2, 0) is 17.1 Å². The Hall–Kier alpha value is -1.78. The van der Waals surface area contributed by atoms with Crippen molar-refractivity contribution < 1.29 is 36.9 Å². The molecule has 3 rings (SSSR count). The Kier molecular flexibility index (Phi) is 6.46. The van der Waals surface area contributed by atoms with Crippen LogP contribution in [0.3, 0.4) is 0 Å². The largest absolute Gasteiger partial charge is 0.394 e. The van der Waals surface area contributed by atoms with E-state index in [0.717, 1.165) is 0 Å². The van der Waals surface area contributed by atoms with Crippen molar-refractivity contribution in [2.75, 3.05) is 13.2 Å². The molecule has 0 bridgehead atoms. The number of fused-ring (bicyclic) bond motifs is 2. The van der Waals surface area contributed by atoms with Crippen molar-refractivity contribution in [2.24, 2.45) is 0 Å². The van der Waals surface area contributed by atoms with Crippen LogP contribution in [0, 0.1) is 0 Å². The van der Waals surface area contributed by atoms with Gasteiger partial charge in [-0.15, -0.1) is 0 Å². The van der Waals surface area contributed by atoms with Crippen molar-refractivity contribution in [3.63, 3.8) is 0 Å². The minimum Gasteiger partial charge on any atom is -0.394 e. The van der Waals surface area contributed by atoms with Gasteiger partial charge in [0.05, 0.1) is 13.2 Å². The number of ketones is 2. The molecule has 5 heteroatoms. The van der Waals surface area contributed by atoms with Gasteiger partial charge in [-0.1, -0.05) is 48.5 Å². The zero-order valence-corrected chi connectivity index (χ0v) is 12.2. The fourth-order valence-electron chi connectivity index (χ4n) is 2.05. The Balaban J connectivity index is 0.000000397. The van der Waals surface area contributed by atoms with E-state index in [1.807, 2.05) is 0 Å². The summed E-state index contributed by atoms with van der Waals surface area (Å²) in [6.45, 7) is -0.250. The maximum Gasteiger partial charge on any atom is 0.194 e. The molecule has 0 fully saturated rings. The van der Waals surface area contributed by atoms with Crippen LogP contribution in [0.1, 0.15) is 31.8 Å². The molecule has 0 unspecified atom stereocenters. The van der Waals surface area contributed by atoms with Gasteiger partial charge in [0.25, 0.3) is 0 Å². The third-order valence-corrected chi connectivity index (χ3v) is 2.93. The van der Waals surface area contributed by atoms with E-state index >= 15 is 0 Å². The fourth-order valence-corrected chi connectivity index (χ4v) is 2.05. The average molecular weight is 326 g/mol. The summed E-state index contributed by atoms with van der Waals surface area (Å²) in [5.74, 6) is -0.128. The number of aliphatic hydroxyl groups excluding tert-OH is 2. The number of aliphatic hydroxyl groups is 2. The first kappa shape index (κ1) is 17.3. The number of rotatable bonds is 1. The van der Waals surface area contributed by atoms with E-state index in [2.05, 4.69) is 0 Å². The Bertz CT molecular complexity index is 545. The first-order chi connectivity index (χ1) is 9.70. The SMILES string of the molecule is O=C1c2ccccc2C(=O)c2ccccc21.OCCO.[Fe]. The standard InChI is InChI=1S/C14H8O2.C2H6O2.Fe/c15-13-9-5-1-2-6-10(9)14(16)12-8-4-3-7-11(12)13;3-1-2-4;/h1-8H;3-4H,1-2H2;. The molecule has 0 aromatic heterocycles. The summed E-state index contributed by atoms with van der Waals surface area (Å²) in [6.07, 6.45) is 0. The summed E-state index contributed by atoms with van der Waals surface area (Å²) in [5.41, 5.74) is 2.02. The molecule has 0 aliphatic heterocycles. The third-order valence-electron chi connectivity index (χ3n) is 2.93. The van der Waals surface area contributed by atoms with Crippen molar-refractivity contribution >= 4 is 11.6 Å². The average Bonchev–Trinajstić information content (AvgIpc) is 2.53. The molecule has 0 saturated carbocycles. The molecular formula is C16H14FeO4. The van der Waals surface area contributed by atoms with Crippen LogP contribution in [0.15, 0.2) is 48.5 Å². The minimum absolute atomic E-state index is 0. The van der Waals surface area contributed by atoms with Gasteiger partial charge in [-0.3, -0.25) is 9.59 Å². The summed E-state index contributed by atoms with van der Waals surface area (Å²) < 4.78 is 0. The van der Waals surface area contributed by atoms with Gasteiger partial charge in [-0.25, -0.2) is 0 Å². The van der Waals surface area contributed by atoms with Gasteiger partial charge >= 0.3 is 0 Å². The van der Waals surface area contributed by atoms with E-state index < -0.39 is 0 Å². The second-order valence-corrected chi connectivity index (χ2v) is 4.20. The molecule has 110 valence electrons. The van der Waals surface area contributed by atoms with Gasteiger partial charge in [0.2, 0.25) is 0 Å². The van der Waals surface area contributed by atoms with Crippen LogP contribution in [0.25, 0.3) is 0 Å². The van der Waals surface area contributed by atoms with Gasteiger partial charge in [0.15, 0.2) is 11.6 Å². The van der Waals surface area contributed by atoms with Gasteiger partial charge in [0.1, 0.15) is 0 Å². The number of carbonyl (C=O) groups is 2. The van der Waals surface area contributed by atoms with Crippen LogP contribution in [0.2, 0.25) is 0 Å². The van der Waals surface area contributed by atoms with Crippen molar-refractivity contribution in [1.29, 1.82) is 0 Å². The Labute approximate surface area is 132 Å². The van der Waals surface area contributed by atoms with E-state index in [9.17, 15) is 9.59 Å². The predicted octanol–water partition coefficient (Wildman–Crippen LogP) is 1.43. The molecule has 2 aromatic rings. The van der Waals surface area contributed by atoms with Crippen molar-refractivity contribution in [2.45, 2.75) is 0 Å². The van der Waals surface area contributed by atoms with Crippen LogP contribution in [0.5, 0.6) is 0 Å². The molecule has 0 spiro atoms. The molecule has 2 N–H and O–H groups in total. The van der Waals surface area contributed by atoms with Gasteiger partial charge in [-0.2, -0.15) is 0 Å². The van der Waals surface area contributed by atoms with E-state index in [-0.39, 0.29) is 41.8 Å². The zero-order chi connectivity index (χ0) is 14.5. The first-order valence-corrected chi connectivity index (χ1v) is 6.20. The molecule has 4 nitrogen and oxygen atoms in total. The van der Waals surface area contributed by atoms with Gasteiger partial charge in [-0.05, 0) is 0 Å². The fraction of sp³-hybridized carbons (Fsp3) is 0.125. The van der Waals surface area contributed by atoms with Crippen LogP contribution >= 0.6 is 0 Å². The van der Waals surface area contributed by atoms with Crippen molar-refractivity contribution in [3.05, 3.63) is 70.8 Å². The molecule has 21 heavy (non-hydrogen) atoms. The van der Waals surface area contributed by atoms with E-state index in [1.54, 1.807) is 48.5 Å². The maximum atomic E-state index is 12.1. The molecule has 1 aliphatic carbocycles. The number of benzene rings is 2. The number of hydrogen-bond acceptors (Lipinski definition) is 4. The van der Waals surface area contributed by atoms with E-state index in [1.165, 1.54) is 0 Å². The van der Waals surface area contributed by atoms with Gasteiger partial charge < -0.3 is 10.2 Å². The summed E-state index contributed by atoms with van der Waals surface area (Å²) >= 11 is 0. The number of hydrogen-bond donors (Lipinski definition) is 2. The molecular weight excluding hydrogens is 312 g/mol. The first-order valence-electron chi connectivity index (χ1n) is 6.20. The second kappa shape index (κ2) is 7.86. The molecule has 2 aromatic carbocycles. The van der Waals surface area contributed by atoms with Crippen LogP contribution in [-0.4, -0.2) is 35.0 Å². The molecule has 0 amide bonds. The second-order valence-electron chi connectivity index (χ2n) is 4.20. The minimum atomic E-state index is -0.125. The summed E-state index contributed by atoms with van der Waals surface area (Å²) in [7, 11) is 0. The summed E-state index contributed by atoms with van der Waals surface area (Å²) in [5, 5.41) is 15.2. The normalized spacial score (nSPS) is 11.5. The Morgan fingerprint density at radius 3 is 1.05 bits per heavy atom. The smallest absolute Gasteiger partial charge is 0.194 e. The molecule has 0 heterocycles. The zero-order valence-electron chi connectivity index (χ0n) is 11.1. The topological polar surface area (TPSA) is 74.6 Å². The van der Waals surface area contributed by atoms with Crippen LogP contribution < -0.4 is 0 Å². The van der Waals surface area contributed by atoms with E-state index in [0.29, 0.717) is 22.3 Å². The third kappa shape index (κ3) is 3.46. The van der Waals surface area contributed by atoms with Crippen molar-refractivity contribution in [1.82, 2.24) is 0 Å². The van der Waals surface area contributed by atoms with Gasteiger partial charge in [0, 0.05) is 39.3 Å². The molecule has 0 saturated heterocycles. The molecule has 1 aliphatic rings. The quantitative estimate of drug-likeness (QED) is 0.664. The Morgan fingerprint density at radius 1 is 0.619 bits per heavy atom. The Morgan fingerprint density at radius 2 is 0.857 bits per heavy atom. The summed E-state index contributed by atoms with van der Waals surface area (Å²) in [4.78, 5) is 24.2. The maximum absolute atomic E-state index is 12.1. The van der Waals surface area contributed by atoms with Crippen molar-refractivity contribution in [3.8, 4) is 0 Å². The number of carbonyl (C=O) groups excluding carboxylic acids is 2. The van der Waals surface area contributed by atoms with Crippen LogP contribution in [0.4, 0.5) is 0 Å². The molecule has 0 radical (unpaired) electrons.